The SMILES string of the molecule is CC[C@H](CC[C@@H](C)[C@H]1CC[C@H]2[C@@H]3CCC4(O)CC(O[C@@H]5O[C@H](CO)[C@@H](O)[C@H](O)[C@H]5O)CC[C@]4(C)[C@H]3CC[C@]12C)C(C)C. The van der Waals surface area contributed by atoms with Gasteiger partial charge in [0.25, 0.3) is 0 Å². The standard InChI is InChI=1S/C35H62O7/c1-7-22(20(2)3)9-8-21(4)25-10-11-26-24-13-17-35(40)18-23(12-16-34(35,6)27(24)14-15-33(25,26)5)41-32-31(39)30(38)29(37)28(19-36)42-32/h20-32,36-40H,7-19H2,1-6H3/t21-,22-,23?,24+,25-,26+,27+,28-,29-,30+,31-,32-,33-,34-,35?/m1/s1. The van der Waals surface area contributed by atoms with Crippen LogP contribution in [-0.2, 0) is 9.47 Å². The van der Waals surface area contributed by atoms with Gasteiger partial charge in [0, 0.05) is 6.42 Å². The molecule has 7 nitrogen and oxygen atoms in total. The molecule has 0 aromatic rings. The number of fused-ring (bicyclic) bond motifs is 5. The van der Waals surface area contributed by atoms with E-state index < -0.39 is 42.9 Å². The van der Waals surface area contributed by atoms with E-state index in [-0.39, 0.29) is 11.5 Å². The summed E-state index contributed by atoms with van der Waals surface area (Å²) in [6, 6.07) is 0. The average Bonchev–Trinajstić information content (AvgIpc) is 3.31. The summed E-state index contributed by atoms with van der Waals surface area (Å²) in [7, 11) is 0. The summed E-state index contributed by atoms with van der Waals surface area (Å²) in [5.74, 6) is 5.13. The van der Waals surface area contributed by atoms with E-state index in [1.54, 1.807) is 0 Å². The summed E-state index contributed by atoms with van der Waals surface area (Å²) in [6.07, 6.45) is 6.40. The van der Waals surface area contributed by atoms with Crippen molar-refractivity contribution in [2.45, 2.75) is 161 Å². The monoisotopic (exact) mass is 594 g/mol. The number of ether oxygens (including phenoxy) is 2. The van der Waals surface area contributed by atoms with Gasteiger partial charge in [-0.15, -0.1) is 0 Å². The van der Waals surface area contributed by atoms with Gasteiger partial charge in [0.1, 0.15) is 24.4 Å². The van der Waals surface area contributed by atoms with Crippen LogP contribution in [0.5, 0.6) is 0 Å². The first-order valence-corrected chi connectivity index (χ1v) is 17.5. The highest BCUT2D eigenvalue weighted by atomic mass is 16.7. The van der Waals surface area contributed by atoms with Crippen LogP contribution in [0.3, 0.4) is 0 Å². The zero-order valence-electron chi connectivity index (χ0n) is 27.3. The largest absolute Gasteiger partial charge is 0.394 e. The molecule has 0 aromatic heterocycles. The summed E-state index contributed by atoms with van der Waals surface area (Å²) < 4.78 is 11.8. The van der Waals surface area contributed by atoms with Crippen LogP contribution in [-0.4, -0.2) is 74.6 Å². The molecule has 244 valence electrons. The van der Waals surface area contributed by atoms with Gasteiger partial charge < -0.3 is 35.0 Å². The molecule has 0 amide bonds. The maximum Gasteiger partial charge on any atom is 0.186 e. The lowest BCUT2D eigenvalue weighted by atomic mass is 9.43. The fourth-order valence-corrected chi connectivity index (χ4v) is 11.4. The van der Waals surface area contributed by atoms with Crippen molar-refractivity contribution in [3.63, 3.8) is 0 Å². The maximum absolute atomic E-state index is 12.3. The van der Waals surface area contributed by atoms with E-state index in [1.165, 1.54) is 44.9 Å². The van der Waals surface area contributed by atoms with E-state index in [9.17, 15) is 25.5 Å². The third kappa shape index (κ3) is 5.54. The molecular formula is C35H62O7. The molecule has 5 rings (SSSR count). The fourth-order valence-electron chi connectivity index (χ4n) is 11.4. The Labute approximate surface area is 254 Å². The summed E-state index contributed by atoms with van der Waals surface area (Å²) in [5.41, 5.74) is -0.590. The molecule has 4 aliphatic carbocycles. The maximum atomic E-state index is 12.3. The Morgan fingerprint density at radius 2 is 1.60 bits per heavy atom. The third-order valence-corrected chi connectivity index (χ3v) is 14.2. The topological polar surface area (TPSA) is 120 Å². The Morgan fingerprint density at radius 3 is 2.26 bits per heavy atom. The minimum atomic E-state index is -1.45. The molecule has 2 unspecified atom stereocenters. The van der Waals surface area contributed by atoms with Gasteiger partial charge in [-0.2, -0.15) is 0 Å². The smallest absolute Gasteiger partial charge is 0.186 e. The van der Waals surface area contributed by atoms with E-state index in [1.807, 2.05) is 0 Å². The number of hydrogen-bond donors (Lipinski definition) is 5. The van der Waals surface area contributed by atoms with Crippen molar-refractivity contribution < 1.29 is 35.0 Å². The van der Waals surface area contributed by atoms with Crippen LogP contribution in [0, 0.1) is 52.3 Å². The Morgan fingerprint density at radius 1 is 0.857 bits per heavy atom. The fraction of sp³-hybridized carbons (Fsp3) is 1.00. The van der Waals surface area contributed by atoms with Gasteiger partial charge in [-0.25, -0.2) is 0 Å². The number of aliphatic hydroxyl groups excluding tert-OH is 4. The van der Waals surface area contributed by atoms with E-state index in [0.717, 1.165) is 55.3 Å². The molecule has 5 N–H and O–H groups in total. The van der Waals surface area contributed by atoms with Gasteiger partial charge in [0.15, 0.2) is 6.29 Å². The zero-order valence-corrected chi connectivity index (χ0v) is 27.3. The molecule has 5 aliphatic rings. The number of hydrogen-bond acceptors (Lipinski definition) is 7. The van der Waals surface area contributed by atoms with Crippen molar-refractivity contribution >= 4 is 0 Å². The average molecular weight is 595 g/mol. The predicted molar refractivity (Wildman–Crippen MR) is 162 cm³/mol. The lowest BCUT2D eigenvalue weighted by Crippen LogP contribution is -2.64. The summed E-state index contributed by atoms with van der Waals surface area (Å²) in [5, 5.41) is 52.7. The Kier molecular flexibility index (Phi) is 9.84. The normalized spacial score (nSPS) is 50.6. The van der Waals surface area contributed by atoms with Crippen molar-refractivity contribution in [2.75, 3.05) is 6.61 Å². The van der Waals surface area contributed by atoms with Crippen LogP contribution in [0.25, 0.3) is 0 Å². The van der Waals surface area contributed by atoms with E-state index in [2.05, 4.69) is 41.5 Å². The Hall–Kier alpha value is -0.280. The van der Waals surface area contributed by atoms with Crippen molar-refractivity contribution in [3.8, 4) is 0 Å². The van der Waals surface area contributed by atoms with Crippen molar-refractivity contribution in [1.29, 1.82) is 0 Å². The van der Waals surface area contributed by atoms with Gasteiger partial charge in [0.2, 0.25) is 0 Å². The molecule has 15 atom stereocenters. The second kappa shape index (κ2) is 12.5. The number of rotatable bonds is 9. The third-order valence-electron chi connectivity index (χ3n) is 14.2. The molecule has 42 heavy (non-hydrogen) atoms. The van der Waals surface area contributed by atoms with Crippen molar-refractivity contribution in [1.82, 2.24) is 0 Å². The predicted octanol–water partition coefficient (Wildman–Crippen LogP) is 5.04. The van der Waals surface area contributed by atoms with Crippen LogP contribution >= 0.6 is 0 Å². The van der Waals surface area contributed by atoms with Gasteiger partial charge in [0.05, 0.1) is 18.3 Å². The van der Waals surface area contributed by atoms with Gasteiger partial charge in [-0.1, -0.05) is 54.4 Å². The first-order valence-electron chi connectivity index (χ1n) is 17.5. The minimum Gasteiger partial charge on any atom is -0.394 e. The highest BCUT2D eigenvalue weighted by molar-refractivity contribution is 5.14. The molecule has 1 saturated heterocycles. The van der Waals surface area contributed by atoms with Crippen LogP contribution in [0.4, 0.5) is 0 Å². The van der Waals surface area contributed by atoms with Crippen molar-refractivity contribution in [3.05, 3.63) is 0 Å². The summed E-state index contributed by atoms with van der Waals surface area (Å²) in [4.78, 5) is 0. The van der Waals surface area contributed by atoms with Crippen LogP contribution in [0.15, 0.2) is 0 Å². The molecule has 7 heteroatoms. The highest BCUT2D eigenvalue weighted by Gasteiger charge is 2.65. The highest BCUT2D eigenvalue weighted by Crippen LogP contribution is 2.69. The summed E-state index contributed by atoms with van der Waals surface area (Å²) in [6.45, 7) is 14.1. The zero-order chi connectivity index (χ0) is 30.6. The first-order chi connectivity index (χ1) is 19.8. The van der Waals surface area contributed by atoms with Crippen LogP contribution < -0.4 is 0 Å². The van der Waals surface area contributed by atoms with Gasteiger partial charge in [-0.3, -0.25) is 0 Å². The van der Waals surface area contributed by atoms with E-state index >= 15 is 0 Å². The molecule has 1 heterocycles. The van der Waals surface area contributed by atoms with Crippen LogP contribution in [0.1, 0.15) is 119 Å². The first kappa shape index (κ1) is 33.1. The molecule has 1 aliphatic heterocycles. The van der Waals surface area contributed by atoms with Gasteiger partial charge in [-0.05, 0) is 110 Å². The number of aliphatic hydroxyl groups is 5. The molecule has 4 saturated carbocycles. The van der Waals surface area contributed by atoms with E-state index in [4.69, 9.17) is 9.47 Å². The van der Waals surface area contributed by atoms with Crippen LogP contribution in [0.2, 0.25) is 0 Å². The molecule has 5 fully saturated rings. The summed E-state index contributed by atoms with van der Waals surface area (Å²) >= 11 is 0. The molecular weight excluding hydrogens is 532 g/mol. The Balaban J connectivity index is 1.24. The molecule has 0 bridgehead atoms. The molecule has 0 aromatic carbocycles. The van der Waals surface area contributed by atoms with Gasteiger partial charge >= 0.3 is 0 Å². The minimum absolute atomic E-state index is 0.165. The quantitative estimate of drug-likeness (QED) is 0.237. The van der Waals surface area contributed by atoms with E-state index in [0.29, 0.717) is 23.7 Å². The lowest BCUT2D eigenvalue weighted by Gasteiger charge is -2.64. The molecule has 0 radical (unpaired) electrons. The molecule has 0 spiro atoms. The Bertz CT molecular complexity index is 912. The second-order valence-corrected chi connectivity index (χ2v) is 16.3. The second-order valence-electron chi connectivity index (χ2n) is 16.3. The lowest BCUT2D eigenvalue weighted by molar-refractivity contribution is -0.322. The van der Waals surface area contributed by atoms with Crippen molar-refractivity contribution in [2.24, 2.45) is 52.3 Å².